The molecule has 0 aromatic heterocycles. The number of rotatable bonds is 2. The lowest BCUT2D eigenvalue weighted by atomic mass is 10.2. The summed E-state index contributed by atoms with van der Waals surface area (Å²) >= 11 is 3.25. The van der Waals surface area contributed by atoms with Gasteiger partial charge < -0.3 is 5.32 Å². The smallest absolute Gasteiger partial charge is 0.145 e. The van der Waals surface area contributed by atoms with Crippen LogP contribution in [0.25, 0.3) is 0 Å². The number of allylic oxidation sites excluding steroid dienone is 1. The molecule has 0 aliphatic heterocycles. The molecule has 1 aromatic carbocycles. The van der Waals surface area contributed by atoms with Crippen molar-refractivity contribution in [1.82, 2.24) is 0 Å². The van der Waals surface area contributed by atoms with E-state index in [1.165, 1.54) is 12.3 Å². The minimum Gasteiger partial charge on any atom is -0.359 e. The lowest BCUT2D eigenvalue weighted by Gasteiger charge is -2.06. The molecular weight excluding hydrogens is 273 g/mol. The molecule has 1 aromatic rings. The lowest BCUT2D eigenvalue weighted by molar-refractivity contribution is 0.619. The van der Waals surface area contributed by atoms with Gasteiger partial charge in [-0.2, -0.15) is 10.5 Å². The highest BCUT2D eigenvalue weighted by Gasteiger charge is 2.04. The molecule has 0 amide bonds. The van der Waals surface area contributed by atoms with Crippen LogP contribution in [0, 0.1) is 35.4 Å². The lowest BCUT2D eigenvalue weighted by Crippen LogP contribution is -1.93. The summed E-state index contributed by atoms with van der Waals surface area (Å²) in [5.41, 5.74) is 0.904. The average Bonchev–Trinajstić information content (AvgIpc) is 2.26. The zero-order chi connectivity index (χ0) is 12.1. The molecule has 3 nitrogen and oxygen atoms in total. The summed E-state index contributed by atoms with van der Waals surface area (Å²) < 4.78 is 13.9. The minimum absolute atomic E-state index is 0.0760. The predicted octanol–water partition coefficient (Wildman–Crippen LogP) is 3.24. The van der Waals surface area contributed by atoms with Crippen LogP contribution in [0.2, 0.25) is 0 Å². The van der Waals surface area contributed by atoms with Gasteiger partial charge in [0, 0.05) is 10.7 Å². The first-order valence-corrected chi connectivity index (χ1v) is 5.10. The fraction of sp³-hybridized carbons (Fsp3) is 0.0909. The molecule has 0 atom stereocenters. The summed E-state index contributed by atoms with van der Waals surface area (Å²) in [5, 5.41) is 19.7. The molecule has 0 saturated carbocycles. The van der Waals surface area contributed by atoms with Gasteiger partial charge in [-0.05, 0) is 40.5 Å². The van der Waals surface area contributed by atoms with Crippen LogP contribution in [0.4, 0.5) is 10.1 Å². The van der Waals surface area contributed by atoms with Gasteiger partial charge in [0.2, 0.25) is 0 Å². The van der Waals surface area contributed by atoms with E-state index in [9.17, 15) is 4.39 Å². The van der Waals surface area contributed by atoms with Gasteiger partial charge in [0.05, 0.1) is 5.69 Å². The monoisotopic (exact) mass is 279 g/mol. The second kappa shape index (κ2) is 5.29. The third kappa shape index (κ3) is 2.82. The first-order chi connectivity index (χ1) is 7.58. The maximum absolute atomic E-state index is 13.2. The van der Waals surface area contributed by atoms with E-state index in [1.54, 1.807) is 25.1 Å². The first kappa shape index (κ1) is 12.2. The molecule has 16 heavy (non-hydrogen) atoms. The molecule has 0 unspecified atom stereocenters. The molecule has 0 radical (unpaired) electrons. The van der Waals surface area contributed by atoms with Gasteiger partial charge in [-0.15, -0.1) is 0 Å². The summed E-state index contributed by atoms with van der Waals surface area (Å²) in [6, 6.07) is 6.30. The van der Waals surface area contributed by atoms with Crippen molar-refractivity contribution >= 4 is 21.6 Å². The van der Waals surface area contributed by atoms with Crippen LogP contribution in [0.1, 0.15) is 5.56 Å². The van der Waals surface area contributed by atoms with Gasteiger partial charge >= 0.3 is 0 Å². The van der Waals surface area contributed by atoms with E-state index in [2.05, 4.69) is 21.2 Å². The zero-order valence-electron chi connectivity index (χ0n) is 8.38. The fourth-order valence-corrected chi connectivity index (χ4v) is 1.57. The number of aryl methyl sites for hydroxylation is 1. The number of nitrogens with zero attached hydrogens (tertiary/aromatic N) is 2. The predicted molar refractivity (Wildman–Crippen MR) is 61.8 cm³/mol. The number of hydrogen-bond donors (Lipinski definition) is 1. The van der Waals surface area contributed by atoms with Crippen LogP contribution in [-0.4, -0.2) is 0 Å². The highest BCUT2D eigenvalue weighted by Crippen LogP contribution is 2.25. The molecular formula is C11H7BrFN3. The SMILES string of the molecule is Cc1cc(Br)c(NC=C(C#N)C#N)cc1F. The van der Waals surface area contributed by atoms with Crippen molar-refractivity contribution in [2.24, 2.45) is 0 Å². The number of nitrogens with one attached hydrogen (secondary N) is 1. The molecule has 1 rings (SSSR count). The van der Waals surface area contributed by atoms with Crippen molar-refractivity contribution in [2.45, 2.75) is 6.92 Å². The van der Waals surface area contributed by atoms with E-state index < -0.39 is 0 Å². The van der Waals surface area contributed by atoms with E-state index in [-0.39, 0.29) is 11.4 Å². The van der Waals surface area contributed by atoms with E-state index in [0.717, 1.165) is 0 Å². The van der Waals surface area contributed by atoms with Crippen LogP contribution in [0.15, 0.2) is 28.4 Å². The molecule has 0 aliphatic carbocycles. The van der Waals surface area contributed by atoms with Crippen molar-refractivity contribution in [2.75, 3.05) is 5.32 Å². The Morgan fingerprint density at radius 3 is 2.62 bits per heavy atom. The molecule has 80 valence electrons. The van der Waals surface area contributed by atoms with Crippen LogP contribution >= 0.6 is 15.9 Å². The van der Waals surface area contributed by atoms with Crippen molar-refractivity contribution in [3.8, 4) is 12.1 Å². The maximum atomic E-state index is 13.2. The molecule has 0 fully saturated rings. The Morgan fingerprint density at radius 2 is 2.06 bits per heavy atom. The third-order valence-electron chi connectivity index (χ3n) is 1.86. The van der Waals surface area contributed by atoms with Gasteiger partial charge in [-0.1, -0.05) is 0 Å². The Balaban J connectivity index is 3.01. The Bertz CT molecular complexity index is 507. The van der Waals surface area contributed by atoms with Gasteiger partial charge in [0.15, 0.2) is 0 Å². The standard InChI is InChI=1S/C11H7BrFN3/c1-7-2-9(12)11(3-10(7)13)16-6-8(4-14)5-15/h2-3,6,16H,1H3. The number of halogens is 2. The third-order valence-corrected chi connectivity index (χ3v) is 2.52. The van der Waals surface area contributed by atoms with Gasteiger partial charge in [0.25, 0.3) is 0 Å². The highest BCUT2D eigenvalue weighted by atomic mass is 79.9. The maximum Gasteiger partial charge on any atom is 0.145 e. The largest absolute Gasteiger partial charge is 0.359 e. The average molecular weight is 280 g/mol. The quantitative estimate of drug-likeness (QED) is 0.846. The molecule has 5 heteroatoms. The normalized spacial score (nSPS) is 8.81. The molecule has 1 N–H and O–H groups in total. The summed E-state index contributed by atoms with van der Waals surface area (Å²) in [7, 11) is 0. The number of hydrogen-bond acceptors (Lipinski definition) is 3. The second-order valence-electron chi connectivity index (χ2n) is 3.01. The summed E-state index contributed by atoms with van der Waals surface area (Å²) in [6.45, 7) is 1.65. The summed E-state index contributed by atoms with van der Waals surface area (Å²) in [5.74, 6) is -0.352. The minimum atomic E-state index is -0.352. The Hall–Kier alpha value is -1.85. The Morgan fingerprint density at radius 1 is 1.44 bits per heavy atom. The van der Waals surface area contributed by atoms with E-state index in [1.807, 2.05) is 0 Å². The highest BCUT2D eigenvalue weighted by molar-refractivity contribution is 9.10. The van der Waals surface area contributed by atoms with E-state index >= 15 is 0 Å². The van der Waals surface area contributed by atoms with Gasteiger partial charge in [-0.3, -0.25) is 0 Å². The summed E-state index contributed by atoms with van der Waals surface area (Å²) in [4.78, 5) is 0. The number of nitriles is 2. The van der Waals surface area contributed by atoms with Crippen molar-refractivity contribution in [3.63, 3.8) is 0 Å². The molecule has 0 aliphatic rings. The van der Waals surface area contributed by atoms with Crippen molar-refractivity contribution in [3.05, 3.63) is 39.8 Å². The summed E-state index contributed by atoms with van der Waals surface area (Å²) in [6.07, 6.45) is 1.23. The molecule has 0 bridgehead atoms. The molecule has 0 heterocycles. The van der Waals surface area contributed by atoms with Crippen LogP contribution in [0.3, 0.4) is 0 Å². The van der Waals surface area contributed by atoms with Crippen molar-refractivity contribution < 1.29 is 4.39 Å². The van der Waals surface area contributed by atoms with Gasteiger partial charge in [0.1, 0.15) is 23.5 Å². The fourth-order valence-electron chi connectivity index (χ4n) is 0.996. The second-order valence-corrected chi connectivity index (χ2v) is 3.86. The van der Waals surface area contributed by atoms with E-state index in [4.69, 9.17) is 10.5 Å². The van der Waals surface area contributed by atoms with E-state index in [0.29, 0.717) is 15.7 Å². The van der Waals surface area contributed by atoms with Gasteiger partial charge in [-0.25, -0.2) is 4.39 Å². The van der Waals surface area contributed by atoms with Crippen LogP contribution in [0.5, 0.6) is 0 Å². The first-order valence-electron chi connectivity index (χ1n) is 4.31. The topological polar surface area (TPSA) is 59.6 Å². The van der Waals surface area contributed by atoms with Crippen molar-refractivity contribution in [1.29, 1.82) is 10.5 Å². The van der Waals surface area contributed by atoms with Crippen LogP contribution < -0.4 is 5.32 Å². The Labute approximate surface area is 101 Å². The number of benzene rings is 1. The molecule has 0 spiro atoms. The molecule has 0 saturated heterocycles. The zero-order valence-corrected chi connectivity index (χ0v) is 9.97. The number of anilines is 1. The Kier molecular flexibility index (Phi) is 4.04. The van der Waals surface area contributed by atoms with Crippen LogP contribution in [-0.2, 0) is 0 Å².